The maximum atomic E-state index is 12.1. The minimum absolute atomic E-state index is 0.101. The van der Waals surface area contributed by atoms with Crippen LogP contribution in [0.15, 0.2) is 42.5 Å². The number of amides is 1. The van der Waals surface area contributed by atoms with Gasteiger partial charge in [0.1, 0.15) is 0 Å². The Bertz CT molecular complexity index is 890. The van der Waals surface area contributed by atoms with Gasteiger partial charge in [0.25, 0.3) is 0 Å². The van der Waals surface area contributed by atoms with Gasteiger partial charge in [-0.1, -0.05) is 29.3 Å². The second kappa shape index (κ2) is 9.21. The zero-order valence-corrected chi connectivity index (χ0v) is 15.9. The van der Waals surface area contributed by atoms with Crippen LogP contribution in [-0.4, -0.2) is 32.1 Å². The zero-order valence-electron chi connectivity index (χ0n) is 14.4. The largest absolute Gasteiger partial charge is 0.465 e. The van der Waals surface area contributed by atoms with E-state index in [0.717, 1.165) is 0 Å². The van der Waals surface area contributed by atoms with E-state index >= 15 is 0 Å². The molecule has 140 valence electrons. The molecule has 2 aromatic rings. The molecule has 0 aliphatic rings. The van der Waals surface area contributed by atoms with Crippen LogP contribution >= 0.6 is 23.2 Å². The Morgan fingerprint density at radius 2 is 1.48 bits per heavy atom. The lowest BCUT2D eigenvalue weighted by Gasteiger charge is -2.08. The Morgan fingerprint density at radius 1 is 0.889 bits per heavy atom. The Hall–Kier alpha value is -2.83. The van der Waals surface area contributed by atoms with Crippen LogP contribution in [0.5, 0.6) is 0 Å². The fourth-order valence-electron chi connectivity index (χ4n) is 2.14. The van der Waals surface area contributed by atoms with Crippen LogP contribution in [0.3, 0.4) is 0 Å². The Labute approximate surface area is 165 Å². The number of carbonyl (C=O) groups is 3. The third-order valence-corrected chi connectivity index (χ3v) is 4.15. The number of methoxy groups -OCH3 is 2. The highest BCUT2D eigenvalue weighted by molar-refractivity contribution is 6.42. The molecule has 2 rings (SSSR count). The number of rotatable bonds is 5. The first kappa shape index (κ1) is 20.5. The molecule has 1 amide bonds. The smallest absolute Gasteiger partial charge is 0.337 e. The lowest BCUT2D eigenvalue weighted by molar-refractivity contribution is -0.111. The Morgan fingerprint density at radius 3 is 2.00 bits per heavy atom. The van der Waals surface area contributed by atoms with Crippen LogP contribution in [-0.2, 0) is 14.3 Å². The van der Waals surface area contributed by atoms with Crippen molar-refractivity contribution in [2.75, 3.05) is 19.5 Å². The van der Waals surface area contributed by atoms with E-state index in [1.54, 1.807) is 24.3 Å². The highest BCUT2D eigenvalue weighted by Crippen LogP contribution is 2.23. The molecular formula is C19H15Cl2NO5. The van der Waals surface area contributed by atoms with Crippen molar-refractivity contribution in [2.24, 2.45) is 0 Å². The van der Waals surface area contributed by atoms with Crippen molar-refractivity contribution in [1.82, 2.24) is 0 Å². The van der Waals surface area contributed by atoms with Crippen molar-refractivity contribution in [1.29, 1.82) is 0 Å². The molecule has 0 saturated heterocycles. The molecule has 0 fully saturated rings. The summed E-state index contributed by atoms with van der Waals surface area (Å²) in [6.45, 7) is 0. The van der Waals surface area contributed by atoms with Crippen molar-refractivity contribution in [2.45, 2.75) is 0 Å². The van der Waals surface area contributed by atoms with E-state index in [2.05, 4.69) is 14.8 Å². The monoisotopic (exact) mass is 407 g/mol. The molecular weight excluding hydrogens is 393 g/mol. The number of halogens is 2. The van der Waals surface area contributed by atoms with E-state index in [4.69, 9.17) is 23.2 Å². The Kier molecular flexibility index (Phi) is 6.98. The second-order valence-electron chi connectivity index (χ2n) is 5.28. The van der Waals surface area contributed by atoms with Gasteiger partial charge in [0.2, 0.25) is 5.91 Å². The molecule has 8 heteroatoms. The van der Waals surface area contributed by atoms with E-state index in [0.29, 0.717) is 15.6 Å². The normalized spacial score (nSPS) is 10.5. The lowest BCUT2D eigenvalue weighted by atomic mass is 10.1. The van der Waals surface area contributed by atoms with Gasteiger partial charge in [-0.25, -0.2) is 9.59 Å². The van der Waals surface area contributed by atoms with Gasteiger partial charge >= 0.3 is 11.9 Å². The molecule has 0 unspecified atom stereocenters. The first-order valence-electron chi connectivity index (χ1n) is 7.60. The van der Waals surface area contributed by atoms with Gasteiger partial charge in [0, 0.05) is 11.8 Å². The number of esters is 2. The SMILES string of the molecule is COC(=O)c1cc(NC(=O)/C=C/c2ccc(Cl)c(Cl)c2)cc(C(=O)OC)c1. The maximum absolute atomic E-state index is 12.1. The summed E-state index contributed by atoms with van der Waals surface area (Å²) in [7, 11) is 2.43. The highest BCUT2D eigenvalue weighted by Gasteiger charge is 2.14. The van der Waals surface area contributed by atoms with Crippen LogP contribution in [0.1, 0.15) is 26.3 Å². The lowest BCUT2D eigenvalue weighted by Crippen LogP contribution is -2.12. The van der Waals surface area contributed by atoms with Crippen LogP contribution in [0.2, 0.25) is 10.0 Å². The van der Waals surface area contributed by atoms with Crippen molar-refractivity contribution in [3.05, 3.63) is 69.2 Å². The van der Waals surface area contributed by atoms with Gasteiger partial charge < -0.3 is 14.8 Å². The third kappa shape index (κ3) is 5.57. The molecule has 0 aliphatic carbocycles. The zero-order chi connectivity index (χ0) is 20.0. The average Bonchev–Trinajstić information content (AvgIpc) is 2.67. The summed E-state index contributed by atoms with van der Waals surface area (Å²) in [5.74, 6) is -1.77. The summed E-state index contributed by atoms with van der Waals surface area (Å²) in [4.78, 5) is 35.7. The molecule has 2 aromatic carbocycles. The van der Waals surface area contributed by atoms with E-state index in [9.17, 15) is 14.4 Å². The van der Waals surface area contributed by atoms with Gasteiger partial charge in [-0.15, -0.1) is 0 Å². The number of hydrogen-bond donors (Lipinski definition) is 1. The molecule has 0 spiro atoms. The van der Waals surface area contributed by atoms with Crippen LogP contribution in [0, 0.1) is 0 Å². The van der Waals surface area contributed by atoms with E-state index in [1.807, 2.05) is 0 Å². The molecule has 0 saturated carbocycles. The van der Waals surface area contributed by atoms with Gasteiger partial charge in [0.05, 0.1) is 35.4 Å². The van der Waals surface area contributed by atoms with Crippen molar-refractivity contribution >= 4 is 52.8 Å². The molecule has 0 bridgehead atoms. The molecule has 0 aromatic heterocycles. The van der Waals surface area contributed by atoms with Gasteiger partial charge in [-0.05, 0) is 42.0 Å². The molecule has 0 radical (unpaired) electrons. The maximum Gasteiger partial charge on any atom is 0.337 e. The van der Waals surface area contributed by atoms with Crippen molar-refractivity contribution in [3.63, 3.8) is 0 Å². The van der Waals surface area contributed by atoms with Crippen LogP contribution in [0.25, 0.3) is 6.08 Å². The van der Waals surface area contributed by atoms with Gasteiger partial charge in [0.15, 0.2) is 0 Å². The standard InChI is InChI=1S/C19H15Cl2NO5/c1-26-18(24)12-8-13(19(25)27-2)10-14(9-12)22-17(23)6-4-11-3-5-15(20)16(21)7-11/h3-10H,1-2H3,(H,22,23)/b6-4+. The van der Waals surface area contributed by atoms with E-state index in [-0.39, 0.29) is 16.8 Å². The number of anilines is 1. The minimum atomic E-state index is -0.650. The Balaban J connectivity index is 2.22. The fraction of sp³-hybridized carbons (Fsp3) is 0.105. The number of hydrogen-bond acceptors (Lipinski definition) is 5. The van der Waals surface area contributed by atoms with Crippen molar-refractivity contribution in [3.8, 4) is 0 Å². The number of benzene rings is 2. The van der Waals surface area contributed by atoms with E-state index in [1.165, 1.54) is 38.5 Å². The average molecular weight is 408 g/mol. The van der Waals surface area contributed by atoms with Crippen LogP contribution < -0.4 is 5.32 Å². The summed E-state index contributed by atoms with van der Waals surface area (Å²) in [5, 5.41) is 3.36. The predicted molar refractivity (Wildman–Crippen MR) is 103 cm³/mol. The molecule has 27 heavy (non-hydrogen) atoms. The van der Waals surface area contributed by atoms with Gasteiger partial charge in [-0.3, -0.25) is 4.79 Å². The summed E-state index contributed by atoms with van der Waals surface area (Å²) in [6, 6.07) is 9.03. The van der Waals surface area contributed by atoms with Crippen LogP contribution in [0.4, 0.5) is 5.69 Å². The number of nitrogens with one attached hydrogen (secondary N) is 1. The topological polar surface area (TPSA) is 81.7 Å². The third-order valence-electron chi connectivity index (χ3n) is 3.41. The number of carbonyl (C=O) groups excluding carboxylic acids is 3. The molecule has 0 aliphatic heterocycles. The van der Waals surface area contributed by atoms with Crippen molar-refractivity contribution < 1.29 is 23.9 Å². The minimum Gasteiger partial charge on any atom is -0.465 e. The summed E-state index contributed by atoms with van der Waals surface area (Å²) >= 11 is 11.8. The summed E-state index contributed by atoms with van der Waals surface area (Å²) < 4.78 is 9.30. The molecule has 1 N–H and O–H groups in total. The quantitative estimate of drug-likeness (QED) is 0.592. The molecule has 6 nitrogen and oxygen atoms in total. The van der Waals surface area contributed by atoms with E-state index < -0.39 is 17.8 Å². The second-order valence-corrected chi connectivity index (χ2v) is 6.09. The predicted octanol–water partition coefficient (Wildman–Crippen LogP) is 4.22. The van der Waals surface area contributed by atoms with Gasteiger partial charge in [-0.2, -0.15) is 0 Å². The molecule has 0 heterocycles. The highest BCUT2D eigenvalue weighted by atomic mass is 35.5. The number of ether oxygens (including phenoxy) is 2. The first-order chi connectivity index (χ1) is 12.8. The summed E-state index contributed by atoms with van der Waals surface area (Å²) in [6.07, 6.45) is 2.82. The summed E-state index contributed by atoms with van der Waals surface area (Å²) in [5.41, 5.74) is 1.12. The molecule has 0 atom stereocenters. The first-order valence-corrected chi connectivity index (χ1v) is 8.35. The fourth-order valence-corrected chi connectivity index (χ4v) is 2.45.